The van der Waals surface area contributed by atoms with Crippen molar-refractivity contribution < 1.29 is 22.7 Å². The number of hydrogen-bond donors (Lipinski definition) is 0. The number of ketones is 1. The van der Waals surface area contributed by atoms with Gasteiger partial charge in [0.2, 0.25) is 0 Å². The van der Waals surface area contributed by atoms with Crippen LogP contribution in [0.5, 0.6) is 5.75 Å². The number of aryl methyl sites for hydroxylation is 2. The fraction of sp³-hybridized carbons (Fsp3) is 0.136. The van der Waals surface area contributed by atoms with Gasteiger partial charge in [-0.05, 0) is 44.2 Å². The molecule has 0 radical (unpaired) electrons. The number of rotatable bonds is 3. The minimum atomic E-state index is -4.77. The van der Waals surface area contributed by atoms with Crippen LogP contribution in [-0.4, -0.2) is 12.1 Å². The highest BCUT2D eigenvalue weighted by molar-refractivity contribution is 9.10. The highest BCUT2D eigenvalue weighted by Crippen LogP contribution is 2.24. The zero-order valence-electron chi connectivity index (χ0n) is 15.3. The molecule has 0 aliphatic carbocycles. The zero-order chi connectivity index (χ0) is 20.7. The quantitative estimate of drug-likeness (QED) is 0.406. The predicted octanol–water partition coefficient (Wildman–Crippen LogP) is 6.88. The molecule has 0 spiro atoms. The van der Waals surface area contributed by atoms with Crippen molar-refractivity contribution in [3.8, 4) is 5.75 Å². The van der Waals surface area contributed by atoms with E-state index in [1.54, 1.807) is 18.2 Å². The normalized spacial score (nSPS) is 10.6. The molecule has 28 heavy (non-hydrogen) atoms. The van der Waals surface area contributed by atoms with E-state index in [0.29, 0.717) is 5.56 Å². The maximum Gasteiger partial charge on any atom is 0.573 e. The van der Waals surface area contributed by atoms with Crippen molar-refractivity contribution in [2.45, 2.75) is 20.2 Å². The summed E-state index contributed by atoms with van der Waals surface area (Å²) in [6.45, 7) is 3.91. The Hall–Kier alpha value is -2.60. The molecule has 0 atom stereocenters. The molecule has 3 rings (SSSR count). The van der Waals surface area contributed by atoms with Crippen LogP contribution in [0.4, 0.5) is 13.2 Å². The van der Waals surface area contributed by atoms with Crippen molar-refractivity contribution >= 4 is 21.7 Å². The monoisotopic (exact) mass is 450 g/mol. The van der Waals surface area contributed by atoms with E-state index < -0.39 is 12.1 Å². The molecule has 0 aliphatic heterocycles. The molecule has 146 valence electrons. The third kappa shape index (κ3) is 7.19. The minimum absolute atomic E-state index is 0.150. The van der Waals surface area contributed by atoms with Gasteiger partial charge in [0.05, 0.1) is 0 Å². The lowest BCUT2D eigenvalue weighted by molar-refractivity contribution is -0.274. The summed E-state index contributed by atoms with van der Waals surface area (Å²) in [6, 6.07) is 20.1. The molecule has 3 aromatic rings. The summed E-state index contributed by atoms with van der Waals surface area (Å²) in [6.07, 6.45) is -4.77. The highest BCUT2D eigenvalue weighted by Gasteiger charge is 2.31. The fourth-order valence-electron chi connectivity index (χ4n) is 2.39. The third-order valence-corrected chi connectivity index (χ3v) is 4.08. The summed E-state index contributed by atoms with van der Waals surface area (Å²) in [5.41, 5.74) is 2.77. The van der Waals surface area contributed by atoms with Gasteiger partial charge in [0, 0.05) is 15.6 Å². The number of carbonyl (C=O) groups is 1. The average molecular weight is 451 g/mol. The van der Waals surface area contributed by atoms with Crippen molar-refractivity contribution in [2.24, 2.45) is 0 Å². The van der Waals surface area contributed by atoms with E-state index in [9.17, 15) is 18.0 Å². The summed E-state index contributed by atoms with van der Waals surface area (Å²) >= 11 is 3.36. The third-order valence-electron chi connectivity index (χ3n) is 3.59. The van der Waals surface area contributed by atoms with E-state index in [1.807, 2.05) is 25.1 Å². The van der Waals surface area contributed by atoms with Crippen LogP contribution in [0.1, 0.15) is 27.0 Å². The molecule has 0 aliphatic rings. The molecule has 2 nitrogen and oxygen atoms in total. The number of hydrogen-bond acceptors (Lipinski definition) is 2. The van der Waals surface area contributed by atoms with Crippen LogP contribution in [0.25, 0.3) is 0 Å². The minimum Gasteiger partial charge on any atom is -0.406 e. The summed E-state index contributed by atoms with van der Waals surface area (Å²) in [4.78, 5) is 12.2. The molecule has 0 heterocycles. The molecule has 0 fully saturated rings. The molecular weight excluding hydrogens is 433 g/mol. The predicted molar refractivity (Wildman–Crippen MR) is 107 cm³/mol. The average Bonchev–Trinajstić information content (AvgIpc) is 2.60. The fourth-order valence-corrected chi connectivity index (χ4v) is 2.91. The lowest BCUT2D eigenvalue weighted by Crippen LogP contribution is -2.17. The Labute approximate surface area is 170 Å². The van der Waals surface area contributed by atoms with Gasteiger partial charge in [-0.2, -0.15) is 0 Å². The Morgan fingerprint density at radius 2 is 1.36 bits per heavy atom. The van der Waals surface area contributed by atoms with Crippen molar-refractivity contribution in [3.05, 3.63) is 99.5 Å². The van der Waals surface area contributed by atoms with Crippen LogP contribution in [0.2, 0.25) is 0 Å². The molecule has 0 aromatic heterocycles. The molecule has 3 aromatic carbocycles. The Bertz CT molecular complexity index is 935. The van der Waals surface area contributed by atoms with Crippen LogP contribution in [-0.2, 0) is 0 Å². The Balaban J connectivity index is 0.000000292. The maximum absolute atomic E-state index is 12.2. The lowest BCUT2D eigenvalue weighted by atomic mass is 10.0. The lowest BCUT2D eigenvalue weighted by Gasteiger charge is -2.09. The summed E-state index contributed by atoms with van der Waals surface area (Å²) in [5, 5.41) is 0. The Morgan fingerprint density at radius 3 is 1.86 bits per heavy atom. The molecule has 0 unspecified atom stereocenters. The molecular formula is C22H18BrF3O2. The summed E-state index contributed by atoms with van der Waals surface area (Å²) < 4.78 is 41.4. The first-order valence-electron chi connectivity index (χ1n) is 8.33. The number of benzene rings is 3. The zero-order valence-corrected chi connectivity index (χ0v) is 16.8. The van der Waals surface area contributed by atoms with Crippen LogP contribution in [0.3, 0.4) is 0 Å². The van der Waals surface area contributed by atoms with Crippen LogP contribution in [0, 0.1) is 13.8 Å². The van der Waals surface area contributed by atoms with Gasteiger partial charge in [-0.15, -0.1) is 13.2 Å². The van der Waals surface area contributed by atoms with E-state index in [4.69, 9.17) is 0 Å². The first-order valence-corrected chi connectivity index (χ1v) is 9.13. The van der Waals surface area contributed by atoms with Crippen molar-refractivity contribution in [1.29, 1.82) is 0 Å². The van der Waals surface area contributed by atoms with Gasteiger partial charge in [-0.1, -0.05) is 69.5 Å². The SMILES string of the molecule is Cc1cccc(Br)c1.Cc1cccc(C(=O)c2cccc(OC(F)(F)F)c2)c1. The first-order chi connectivity index (χ1) is 13.1. The van der Waals surface area contributed by atoms with Crippen LogP contribution in [0.15, 0.2) is 77.3 Å². The van der Waals surface area contributed by atoms with E-state index in [0.717, 1.165) is 22.2 Å². The molecule has 6 heteroatoms. The topological polar surface area (TPSA) is 26.3 Å². The second-order valence-corrected chi connectivity index (χ2v) is 6.99. The van der Waals surface area contributed by atoms with E-state index >= 15 is 0 Å². The second kappa shape index (κ2) is 9.55. The van der Waals surface area contributed by atoms with E-state index in [-0.39, 0.29) is 11.3 Å². The molecule has 0 N–H and O–H groups in total. The number of carbonyl (C=O) groups excluding carboxylic acids is 1. The van der Waals surface area contributed by atoms with Gasteiger partial charge in [-0.3, -0.25) is 4.79 Å². The summed E-state index contributed by atoms with van der Waals surface area (Å²) in [5.74, 6) is -0.752. The van der Waals surface area contributed by atoms with Crippen LogP contribution < -0.4 is 4.74 Å². The van der Waals surface area contributed by atoms with Crippen molar-refractivity contribution in [1.82, 2.24) is 0 Å². The van der Waals surface area contributed by atoms with Gasteiger partial charge in [0.1, 0.15) is 5.75 Å². The molecule has 0 saturated carbocycles. The first kappa shape index (κ1) is 21.7. The summed E-state index contributed by atoms with van der Waals surface area (Å²) in [7, 11) is 0. The largest absolute Gasteiger partial charge is 0.573 e. The number of alkyl halides is 3. The Kier molecular flexibility index (Phi) is 7.40. The number of ether oxygens (including phenoxy) is 1. The molecule has 0 bridgehead atoms. The van der Waals surface area contributed by atoms with Crippen molar-refractivity contribution in [2.75, 3.05) is 0 Å². The van der Waals surface area contributed by atoms with Crippen LogP contribution >= 0.6 is 15.9 Å². The van der Waals surface area contributed by atoms with Gasteiger partial charge < -0.3 is 4.74 Å². The molecule has 0 saturated heterocycles. The van der Waals surface area contributed by atoms with E-state index in [1.165, 1.54) is 17.7 Å². The van der Waals surface area contributed by atoms with Gasteiger partial charge in [0.25, 0.3) is 0 Å². The van der Waals surface area contributed by atoms with Gasteiger partial charge >= 0.3 is 6.36 Å². The van der Waals surface area contributed by atoms with Gasteiger partial charge in [0.15, 0.2) is 5.78 Å². The number of halogens is 4. The van der Waals surface area contributed by atoms with Crippen molar-refractivity contribution in [3.63, 3.8) is 0 Å². The van der Waals surface area contributed by atoms with E-state index in [2.05, 4.69) is 39.7 Å². The smallest absolute Gasteiger partial charge is 0.406 e. The van der Waals surface area contributed by atoms with Gasteiger partial charge in [-0.25, -0.2) is 0 Å². The molecule has 0 amide bonds. The standard InChI is InChI=1S/C15H11F3O2.C7H7Br/c1-10-4-2-5-11(8-10)14(19)12-6-3-7-13(9-12)20-15(16,17)18;1-6-3-2-4-7(8)5-6/h2-9H,1H3;2-5H,1H3. The second-order valence-electron chi connectivity index (χ2n) is 6.07. The highest BCUT2D eigenvalue weighted by atomic mass is 79.9. The maximum atomic E-state index is 12.2. The Morgan fingerprint density at radius 1 is 0.821 bits per heavy atom.